The summed E-state index contributed by atoms with van der Waals surface area (Å²) in [5.41, 5.74) is 3.82. The number of carbonyl (C=O) groups is 1. The molecule has 0 bridgehead atoms. The molecule has 0 aromatic heterocycles. The first kappa shape index (κ1) is 14.8. The third-order valence-electron chi connectivity index (χ3n) is 3.63. The minimum Gasteiger partial charge on any atom is -0.409 e. The van der Waals surface area contributed by atoms with Crippen LogP contribution in [-0.4, -0.2) is 45.6 Å². The number of rotatable bonds is 2. The van der Waals surface area contributed by atoms with Gasteiger partial charge in [0.2, 0.25) is 5.91 Å². The molecular weight excluding hydrogens is 234 g/mol. The van der Waals surface area contributed by atoms with E-state index in [-0.39, 0.29) is 11.7 Å². The molecule has 1 fully saturated rings. The Bertz CT molecular complexity index is 350. The van der Waals surface area contributed by atoms with Gasteiger partial charge in [0.15, 0.2) is 5.84 Å². The van der Waals surface area contributed by atoms with Gasteiger partial charge in [-0.05, 0) is 40.0 Å². The summed E-state index contributed by atoms with van der Waals surface area (Å²) in [6.07, 6.45) is 1.98. The number of aliphatic hydroxyl groups is 1. The molecule has 6 heteroatoms. The van der Waals surface area contributed by atoms with E-state index in [0.29, 0.717) is 25.9 Å². The topological polar surface area (TPSA) is 99.2 Å². The van der Waals surface area contributed by atoms with Gasteiger partial charge in [0.1, 0.15) is 5.41 Å². The fraction of sp³-hybridized carbons (Fsp3) is 0.833. The van der Waals surface area contributed by atoms with Crippen LogP contribution in [0.4, 0.5) is 0 Å². The van der Waals surface area contributed by atoms with Crippen LogP contribution in [-0.2, 0) is 4.79 Å². The van der Waals surface area contributed by atoms with Gasteiger partial charge in [-0.1, -0.05) is 5.16 Å². The number of hydrogen-bond donors (Lipinski definition) is 3. The molecule has 104 valence electrons. The van der Waals surface area contributed by atoms with Crippen LogP contribution >= 0.6 is 0 Å². The van der Waals surface area contributed by atoms with Crippen molar-refractivity contribution in [2.24, 2.45) is 16.3 Å². The molecule has 0 aromatic rings. The number of nitrogens with zero attached hydrogens (tertiary/aromatic N) is 2. The zero-order valence-electron chi connectivity index (χ0n) is 11.3. The monoisotopic (exact) mass is 257 g/mol. The zero-order valence-corrected chi connectivity index (χ0v) is 11.3. The molecule has 6 nitrogen and oxygen atoms in total. The predicted molar refractivity (Wildman–Crippen MR) is 68.2 cm³/mol. The molecule has 0 radical (unpaired) electrons. The molecule has 0 saturated carbocycles. The lowest BCUT2D eigenvalue weighted by Crippen LogP contribution is -2.48. The second kappa shape index (κ2) is 5.14. The summed E-state index contributed by atoms with van der Waals surface area (Å²) >= 11 is 0. The molecule has 18 heavy (non-hydrogen) atoms. The average molecular weight is 257 g/mol. The van der Waals surface area contributed by atoms with Crippen molar-refractivity contribution in [1.29, 1.82) is 0 Å². The molecule has 1 rings (SSSR count). The first-order chi connectivity index (χ1) is 8.20. The SMILES string of the molecule is CC1(O)CCCN(C(=O)C(C)(C)C(N)=NO)CC1. The summed E-state index contributed by atoms with van der Waals surface area (Å²) < 4.78 is 0. The Hall–Kier alpha value is -1.30. The van der Waals surface area contributed by atoms with E-state index in [4.69, 9.17) is 10.9 Å². The Morgan fingerprint density at radius 1 is 1.39 bits per heavy atom. The highest BCUT2D eigenvalue weighted by molar-refractivity contribution is 6.05. The summed E-state index contributed by atoms with van der Waals surface area (Å²) in [5, 5.41) is 21.6. The van der Waals surface area contributed by atoms with Gasteiger partial charge in [0.25, 0.3) is 0 Å². The lowest BCUT2D eigenvalue weighted by molar-refractivity contribution is -0.137. The predicted octanol–water partition coefficient (Wildman–Crippen LogP) is 0.523. The molecule has 1 amide bonds. The maximum atomic E-state index is 12.4. The van der Waals surface area contributed by atoms with Crippen LogP contribution in [0.3, 0.4) is 0 Å². The van der Waals surface area contributed by atoms with Crippen LogP contribution in [0.5, 0.6) is 0 Å². The molecule has 0 aromatic carbocycles. The summed E-state index contributed by atoms with van der Waals surface area (Å²) in [7, 11) is 0. The van der Waals surface area contributed by atoms with Crippen LogP contribution in [0.2, 0.25) is 0 Å². The minimum atomic E-state index is -1.02. The van der Waals surface area contributed by atoms with E-state index in [2.05, 4.69) is 5.16 Å². The van der Waals surface area contributed by atoms with Crippen LogP contribution in [0.1, 0.15) is 40.0 Å². The summed E-state index contributed by atoms with van der Waals surface area (Å²) in [4.78, 5) is 14.0. The Balaban J connectivity index is 2.79. The van der Waals surface area contributed by atoms with Crippen molar-refractivity contribution in [1.82, 2.24) is 4.90 Å². The van der Waals surface area contributed by atoms with Gasteiger partial charge in [-0.25, -0.2) is 0 Å². The first-order valence-corrected chi connectivity index (χ1v) is 6.20. The fourth-order valence-electron chi connectivity index (χ4n) is 2.10. The number of amides is 1. The van der Waals surface area contributed by atoms with Crippen LogP contribution < -0.4 is 5.73 Å². The van der Waals surface area contributed by atoms with E-state index in [9.17, 15) is 9.90 Å². The summed E-state index contributed by atoms with van der Waals surface area (Å²) in [5.74, 6) is -0.265. The number of amidine groups is 1. The molecule has 4 N–H and O–H groups in total. The van der Waals surface area contributed by atoms with Crippen molar-refractivity contribution in [2.75, 3.05) is 13.1 Å². The van der Waals surface area contributed by atoms with Crippen LogP contribution in [0, 0.1) is 5.41 Å². The van der Waals surface area contributed by atoms with Crippen molar-refractivity contribution >= 4 is 11.7 Å². The molecular formula is C12H23N3O3. The second-order valence-corrected chi connectivity index (χ2v) is 5.75. The lowest BCUT2D eigenvalue weighted by Gasteiger charge is -2.30. The van der Waals surface area contributed by atoms with E-state index in [1.807, 2.05) is 0 Å². The van der Waals surface area contributed by atoms with Gasteiger partial charge >= 0.3 is 0 Å². The normalized spacial score (nSPS) is 26.9. The smallest absolute Gasteiger partial charge is 0.235 e. The number of oxime groups is 1. The molecule has 1 unspecified atom stereocenters. The van der Waals surface area contributed by atoms with Gasteiger partial charge in [-0.15, -0.1) is 0 Å². The molecule has 0 aliphatic carbocycles. The minimum absolute atomic E-state index is 0.0940. The van der Waals surface area contributed by atoms with Gasteiger partial charge in [-0.2, -0.15) is 0 Å². The fourth-order valence-corrected chi connectivity index (χ4v) is 2.10. The van der Waals surface area contributed by atoms with Gasteiger partial charge in [0, 0.05) is 13.1 Å². The summed E-state index contributed by atoms with van der Waals surface area (Å²) in [6, 6.07) is 0. The number of nitrogens with two attached hydrogens (primary N) is 1. The number of hydrogen-bond acceptors (Lipinski definition) is 4. The maximum absolute atomic E-state index is 12.4. The lowest BCUT2D eigenvalue weighted by atomic mass is 9.90. The average Bonchev–Trinajstić information content (AvgIpc) is 2.48. The number of likely N-dealkylation sites (tertiary alicyclic amines) is 1. The Morgan fingerprint density at radius 3 is 2.56 bits per heavy atom. The zero-order chi connectivity index (χ0) is 14.0. The number of carbonyl (C=O) groups excluding carboxylic acids is 1. The first-order valence-electron chi connectivity index (χ1n) is 6.20. The van der Waals surface area contributed by atoms with E-state index in [1.54, 1.807) is 25.7 Å². The van der Waals surface area contributed by atoms with Gasteiger partial charge in [-0.3, -0.25) is 4.79 Å². The highest BCUT2D eigenvalue weighted by Crippen LogP contribution is 2.25. The van der Waals surface area contributed by atoms with E-state index in [0.717, 1.165) is 6.42 Å². The molecule has 1 aliphatic rings. The highest BCUT2D eigenvalue weighted by Gasteiger charge is 2.38. The van der Waals surface area contributed by atoms with Gasteiger partial charge in [0.05, 0.1) is 5.60 Å². The molecule has 1 aliphatic heterocycles. The molecule has 0 spiro atoms. The van der Waals surface area contributed by atoms with Crippen molar-refractivity contribution in [2.45, 2.75) is 45.6 Å². The van der Waals surface area contributed by atoms with E-state index >= 15 is 0 Å². The van der Waals surface area contributed by atoms with Crippen molar-refractivity contribution in [3.8, 4) is 0 Å². The van der Waals surface area contributed by atoms with E-state index < -0.39 is 11.0 Å². The highest BCUT2D eigenvalue weighted by atomic mass is 16.4. The Labute approximate surface area is 107 Å². The maximum Gasteiger partial charge on any atom is 0.235 e. The Kier molecular flexibility index (Phi) is 4.21. The van der Waals surface area contributed by atoms with Crippen molar-refractivity contribution in [3.63, 3.8) is 0 Å². The van der Waals surface area contributed by atoms with Crippen molar-refractivity contribution in [3.05, 3.63) is 0 Å². The van der Waals surface area contributed by atoms with E-state index in [1.165, 1.54) is 0 Å². The van der Waals surface area contributed by atoms with Gasteiger partial charge < -0.3 is 20.9 Å². The van der Waals surface area contributed by atoms with Crippen LogP contribution in [0.15, 0.2) is 5.16 Å². The summed E-state index contributed by atoms with van der Waals surface area (Å²) in [6.45, 7) is 6.14. The second-order valence-electron chi connectivity index (χ2n) is 5.75. The Morgan fingerprint density at radius 2 is 2.00 bits per heavy atom. The quantitative estimate of drug-likeness (QED) is 0.291. The molecule has 1 heterocycles. The van der Waals surface area contributed by atoms with Crippen molar-refractivity contribution < 1.29 is 15.1 Å². The largest absolute Gasteiger partial charge is 0.409 e. The molecule has 1 saturated heterocycles. The van der Waals surface area contributed by atoms with Crippen LogP contribution in [0.25, 0.3) is 0 Å². The third-order valence-corrected chi connectivity index (χ3v) is 3.63. The standard InChI is InChI=1S/C12H23N3O3/c1-11(2,9(13)14-18)10(16)15-7-4-5-12(3,17)6-8-15/h17-18H,4-8H2,1-3H3,(H2,13,14). The molecule has 1 atom stereocenters. The third kappa shape index (κ3) is 3.13.